The van der Waals surface area contributed by atoms with Crippen molar-refractivity contribution in [2.75, 3.05) is 13.7 Å². The molecule has 1 atom stereocenters. The first-order valence-corrected chi connectivity index (χ1v) is 11.2. The molecule has 6 nitrogen and oxygen atoms in total. The van der Waals surface area contributed by atoms with Gasteiger partial charge in [-0.25, -0.2) is 4.98 Å². The van der Waals surface area contributed by atoms with E-state index in [4.69, 9.17) is 14.5 Å². The minimum atomic E-state index is -0.215. The number of aromatic nitrogens is 2. The first kappa shape index (κ1) is 22.4. The Hall–Kier alpha value is -3.80. The average molecular weight is 444 g/mol. The number of rotatable bonds is 10. The molecule has 4 rings (SSSR count). The molecule has 0 spiro atoms. The summed E-state index contributed by atoms with van der Waals surface area (Å²) in [4.78, 5) is 17.4. The number of nitrogens with one attached hydrogen (secondary N) is 1. The molecule has 33 heavy (non-hydrogen) atoms. The van der Waals surface area contributed by atoms with Crippen LogP contribution in [0, 0.1) is 0 Å². The van der Waals surface area contributed by atoms with Crippen LogP contribution in [0.2, 0.25) is 0 Å². The summed E-state index contributed by atoms with van der Waals surface area (Å²) in [5, 5.41) is 3.11. The van der Waals surface area contributed by atoms with Gasteiger partial charge in [-0.3, -0.25) is 4.79 Å². The van der Waals surface area contributed by atoms with Gasteiger partial charge in [0.1, 0.15) is 17.3 Å². The fourth-order valence-corrected chi connectivity index (χ4v) is 3.90. The summed E-state index contributed by atoms with van der Waals surface area (Å²) in [6, 6.07) is 25.2. The molecular weight excluding hydrogens is 414 g/mol. The quantitative estimate of drug-likeness (QED) is 0.353. The molecule has 170 valence electrons. The second-order valence-electron chi connectivity index (χ2n) is 7.94. The fourth-order valence-electron chi connectivity index (χ4n) is 3.90. The molecule has 1 aromatic heterocycles. The van der Waals surface area contributed by atoms with Gasteiger partial charge in [-0.15, -0.1) is 0 Å². The molecule has 0 radical (unpaired) electrons. The molecule has 1 heterocycles. The van der Waals surface area contributed by atoms with E-state index in [1.54, 1.807) is 7.11 Å². The van der Waals surface area contributed by atoms with Crippen molar-refractivity contribution in [1.82, 2.24) is 14.9 Å². The van der Waals surface area contributed by atoms with Crippen LogP contribution in [0.3, 0.4) is 0 Å². The highest BCUT2D eigenvalue weighted by Gasteiger charge is 2.18. The SMILES string of the molecule is COc1cccc(OCCCn2c(C(C)NC(=O)Cc3ccccc3)nc3ccccc32)c1. The molecule has 4 aromatic rings. The number of hydrogen-bond acceptors (Lipinski definition) is 4. The molecular formula is C27H29N3O3. The summed E-state index contributed by atoms with van der Waals surface area (Å²) < 4.78 is 13.3. The lowest BCUT2D eigenvalue weighted by Crippen LogP contribution is -2.30. The Morgan fingerprint density at radius 1 is 1.00 bits per heavy atom. The zero-order valence-electron chi connectivity index (χ0n) is 19.0. The molecule has 1 amide bonds. The number of para-hydroxylation sites is 2. The third kappa shape index (κ3) is 5.71. The second kappa shape index (κ2) is 10.7. The van der Waals surface area contributed by atoms with Crippen LogP contribution < -0.4 is 14.8 Å². The number of carbonyl (C=O) groups excluding carboxylic acids is 1. The van der Waals surface area contributed by atoms with E-state index in [2.05, 4.69) is 16.0 Å². The van der Waals surface area contributed by atoms with Gasteiger partial charge in [-0.2, -0.15) is 0 Å². The van der Waals surface area contributed by atoms with Gasteiger partial charge in [0, 0.05) is 12.6 Å². The maximum absolute atomic E-state index is 12.6. The zero-order chi connectivity index (χ0) is 23.0. The van der Waals surface area contributed by atoms with Crippen LogP contribution >= 0.6 is 0 Å². The van der Waals surface area contributed by atoms with Gasteiger partial charge in [0.15, 0.2) is 0 Å². The van der Waals surface area contributed by atoms with Crippen LogP contribution in [0.15, 0.2) is 78.9 Å². The summed E-state index contributed by atoms with van der Waals surface area (Å²) in [5.74, 6) is 2.38. The van der Waals surface area contributed by atoms with E-state index in [0.29, 0.717) is 13.0 Å². The van der Waals surface area contributed by atoms with Gasteiger partial charge in [-0.1, -0.05) is 48.5 Å². The molecule has 3 aromatic carbocycles. The molecule has 0 saturated heterocycles. The smallest absolute Gasteiger partial charge is 0.224 e. The lowest BCUT2D eigenvalue weighted by Gasteiger charge is -2.17. The van der Waals surface area contributed by atoms with E-state index in [1.807, 2.05) is 79.7 Å². The molecule has 0 bridgehead atoms. The van der Waals surface area contributed by atoms with E-state index in [0.717, 1.165) is 46.9 Å². The van der Waals surface area contributed by atoms with Crippen LogP contribution in [0.4, 0.5) is 0 Å². The monoisotopic (exact) mass is 443 g/mol. The van der Waals surface area contributed by atoms with E-state index in [9.17, 15) is 4.79 Å². The predicted octanol–water partition coefficient (Wildman–Crippen LogP) is 4.93. The lowest BCUT2D eigenvalue weighted by molar-refractivity contribution is -0.121. The van der Waals surface area contributed by atoms with Crippen LogP contribution in [0.5, 0.6) is 11.5 Å². The number of ether oxygens (including phenoxy) is 2. The summed E-state index contributed by atoms with van der Waals surface area (Å²) in [6.45, 7) is 3.28. The minimum Gasteiger partial charge on any atom is -0.497 e. The van der Waals surface area contributed by atoms with Gasteiger partial charge < -0.3 is 19.4 Å². The first-order valence-electron chi connectivity index (χ1n) is 11.2. The number of methoxy groups -OCH3 is 1. The summed E-state index contributed by atoms with van der Waals surface area (Å²) in [6.07, 6.45) is 1.15. The average Bonchev–Trinajstić information content (AvgIpc) is 3.21. The van der Waals surface area contributed by atoms with Gasteiger partial charge in [-0.05, 0) is 43.2 Å². The third-order valence-electron chi connectivity index (χ3n) is 5.49. The molecule has 0 saturated carbocycles. The van der Waals surface area contributed by atoms with Gasteiger partial charge in [0.2, 0.25) is 5.91 Å². The van der Waals surface area contributed by atoms with Crippen LogP contribution in [-0.4, -0.2) is 29.2 Å². The van der Waals surface area contributed by atoms with Crippen LogP contribution in [0.1, 0.15) is 30.8 Å². The molecule has 1 unspecified atom stereocenters. The van der Waals surface area contributed by atoms with Crippen molar-refractivity contribution in [2.24, 2.45) is 0 Å². The third-order valence-corrected chi connectivity index (χ3v) is 5.49. The summed E-state index contributed by atoms with van der Waals surface area (Å²) in [5.41, 5.74) is 2.97. The van der Waals surface area contributed by atoms with Gasteiger partial charge in [0.25, 0.3) is 0 Å². The number of benzene rings is 3. The number of amides is 1. The highest BCUT2D eigenvalue weighted by atomic mass is 16.5. The summed E-state index contributed by atoms with van der Waals surface area (Å²) >= 11 is 0. The molecule has 1 N–H and O–H groups in total. The van der Waals surface area contributed by atoms with Crippen molar-refractivity contribution in [3.8, 4) is 11.5 Å². The van der Waals surface area contributed by atoms with E-state index in [1.165, 1.54) is 0 Å². The predicted molar refractivity (Wildman–Crippen MR) is 130 cm³/mol. The van der Waals surface area contributed by atoms with Crippen molar-refractivity contribution in [1.29, 1.82) is 0 Å². The van der Waals surface area contributed by atoms with Crippen LogP contribution in [-0.2, 0) is 17.8 Å². The summed E-state index contributed by atoms with van der Waals surface area (Å²) in [7, 11) is 1.64. The number of imidazole rings is 1. The lowest BCUT2D eigenvalue weighted by atomic mass is 10.1. The first-order chi connectivity index (χ1) is 16.1. The Morgan fingerprint density at radius 2 is 1.76 bits per heavy atom. The highest BCUT2D eigenvalue weighted by molar-refractivity contribution is 5.79. The fraction of sp³-hybridized carbons (Fsp3) is 0.259. The maximum atomic E-state index is 12.6. The van der Waals surface area contributed by atoms with Crippen molar-refractivity contribution < 1.29 is 14.3 Å². The topological polar surface area (TPSA) is 65.4 Å². The number of nitrogens with zero attached hydrogens (tertiary/aromatic N) is 2. The number of hydrogen-bond donors (Lipinski definition) is 1. The van der Waals surface area contributed by atoms with Crippen molar-refractivity contribution >= 4 is 16.9 Å². The minimum absolute atomic E-state index is 0.0198. The standard InChI is InChI=1S/C27H29N3O3/c1-20(28-26(31)18-21-10-4-3-5-11-21)27-29-24-14-6-7-15-25(24)30(27)16-9-17-33-23-13-8-12-22(19-23)32-2/h3-8,10-15,19-20H,9,16-18H2,1-2H3,(H,28,31). The maximum Gasteiger partial charge on any atom is 0.224 e. The Morgan fingerprint density at radius 3 is 2.58 bits per heavy atom. The van der Waals surface area contributed by atoms with E-state index in [-0.39, 0.29) is 11.9 Å². The Bertz CT molecular complexity index is 1200. The Kier molecular flexibility index (Phi) is 7.25. The normalized spacial score (nSPS) is 11.8. The molecule has 0 aliphatic rings. The molecule has 6 heteroatoms. The zero-order valence-corrected chi connectivity index (χ0v) is 19.0. The second-order valence-corrected chi connectivity index (χ2v) is 7.94. The number of carbonyl (C=O) groups is 1. The Balaban J connectivity index is 1.43. The highest BCUT2D eigenvalue weighted by Crippen LogP contribution is 2.22. The van der Waals surface area contributed by atoms with Crippen molar-refractivity contribution in [2.45, 2.75) is 32.4 Å². The Labute approximate surface area is 194 Å². The largest absolute Gasteiger partial charge is 0.497 e. The number of aryl methyl sites for hydroxylation is 1. The van der Waals surface area contributed by atoms with Crippen molar-refractivity contribution in [3.05, 3.63) is 90.3 Å². The molecule has 0 aliphatic carbocycles. The van der Waals surface area contributed by atoms with Crippen molar-refractivity contribution in [3.63, 3.8) is 0 Å². The van der Waals surface area contributed by atoms with E-state index < -0.39 is 0 Å². The molecule has 0 fully saturated rings. The number of fused-ring (bicyclic) bond motifs is 1. The van der Waals surface area contributed by atoms with Gasteiger partial charge in [0.05, 0.1) is 37.2 Å². The van der Waals surface area contributed by atoms with E-state index >= 15 is 0 Å². The van der Waals surface area contributed by atoms with Crippen LogP contribution in [0.25, 0.3) is 11.0 Å². The van der Waals surface area contributed by atoms with Gasteiger partial charge >= 0.3 is 0 Å². The molecule has 0 aliphatic heterocycles.